The predicted octanol–water partition coefficient (Wildman–Crippen LogP) is 4.85. The second-order valence-corrected chi connectivity index (χ2v) is 8.32. The lowest BCUT2D eigenvalue weighted by Gasteiger charge is -2.26. The van der Waals surface area contributed by atoms with E-state index in [1.165, 1.54) is 16.7 Å². The van der Waals surface area contributed by atoms with Crippen LogP contribution in [0.15, 0.2) is 24.3 Å². The number of phenolic OH excluding ortho intramolecular Hbond substituents is 1. The number of nitrogens with two attached hydrogens (primary N) is 1. The molecule has 0 unspecified atom stereocenters. The molecule has 0 amide bonds. The van der Waals surface area contributed by atoms with Crippen molar-refractivity contribution < 1.29 is 9.84 Å². The minimum atomic E-state index is 0.206. The number of hydrogen-bond acceptors (Lipinski definition) is 3. The molecule has 0 fully saturated rings. The van der Waals surface area contributed by atoms with E-state index in [9.17, 15) is 5.11 Å². The van der Waals surface area contributed by atoms with Gasteiger partial charge in [-0.05, 0) is 118 Å². The summed E-state index contributed by atoms with van der Waals surface area (Å²) in [6.45, 7) is 0. The van der Waals surface area contributed by atoms with Gasteiger partial charge in [0.15, 0.2) is 0 Å². The highest BCUT2D eigenvalue weighted by atomic mass is 127. The summed E-state index contributed by atoms with van der Waals surface area (Å²) < 4.78 is 7.74. The van der Waals surface area contributed by atoms with Crippen LogP contribution < -0.4 is 10.5 Å². The number of fused-ring (bicyclic) bond motifs is 1. The lowest BCUT2D eigenvalue weighted by molar-refractivity contribution is 0.408. The lowest BCUT2D eigenvalue weighted by Crippen LogP contribution is -2.13. The normalized spacial score (nSPS) is 16.9. The van der Waals surface area contributed by atoms with Crippen LogP contribution in [0.3, 0.4) is 0 Å². The zero-order chi connectivity index (χ0) is 16.6. The van der Waals surface area contributed by atoms with E-state index in [-0.39, 0.29) is 5.75 Å². The Hall–Kier alpha value is -0.700. The molecule has 0 saturated carbocycles. The second kappa shape index (κ2) is 7.04. The van der Waals surface area contributed by atoms with Crippen LogP contribution in [0.2, 0.25) is 0 Å². The number of rotatable bonds is 3. The van der Waals surface area contributed by atoms with Crippen LogP contribution in [-0.2, 0) is 12.8 Å². The number of halogens is 2. The van der Waals surface area contributed by atoms with Crippen LogP contribution in [-0.4, -0.2) is 12.2 Å². The molecule has 0 heterocycles. The van der Waals surface area contributed by atoms with Crippen LogP contribution in [0, 0.1) is 7.14 Å². The van der Waals surface area contributed by atoms with Crippen molar-refractivity contribution in [1.82, 2.24) is 0 Å². The molecular weight excluding hydrogens is 516 g/mol. The third kappa shape index (κ3) is 3.55. The third-order valence-corrected chi connectivity index (χ3v) is 6.07. The number of hydrogen-bond donors (Lipinski definition) is 2. The first-order valence-corrected chi connectivity index (χ1v) is 9.78. The Morgan fingerprint density at radius 3 is 2.57 bits per heavy atom. The molecule has 3 nitrogen and oxygen atoms in total. The van der Waals surface area contributed by atoms with Crippen molar-refractivity contribution in [1.29, 1.82) is 0 Å². The number of aromatic hydroxyl groups is 1. The van der Waals surface area contributed by atoms with E-state index in [0.29, 0.717) is 11.6 Å². The quantitative estimate of drug-likeness (QED) is 0.336. The van der Waals surface area contributed by atoms with Gasteiger partial charge in [-0.15, -0.1) is 0 Å². The molecule has 0 spiro atoms. The number of methoxy groups -OCH3 is 1. The summed E-state index contributed by atoms with van der Waals surface area (Å²) in [5.41, 5.74) is 10.3. The van der Waals surface area contributed by atoms with E-state index < -0.39 is 0 Å². The Bertz CT molecular complexity index is 723. The summed E-state index contributed by atoms with van der Waals surface area (Å²) in [5, 5.41) is 9.84. The zero-order valence-corrected chi connectivity index (χ0v) is 17.2. The van der Waals surface area contributed by atoms with E-state index in [0.717, 1.165) is 38.6 Å². The monoisotopic (exact) mass is 535 g/mol. The largest absolute Gasteiger partial charge is 0.506 e. The topological polar surface area (TPSA) is 55.5 Å². The Morgan fingerprint density at radius 1 is 1.22 bits per heavy atom. The molecule has 1 aliphatic rings. The summed E-state index contributed by atoms with van der Waals surface area (Å²) in [5.74, 6) is 1.62. The van der Waals surface area contributed by atoms with Crippen LogP contribution in [0.4, 0.5) is 5.69 Å². The smallest absolute Gasteiger partial charge is 0.145 e. The van der Waals surface area contributed by atoms with Crippen molar-refractivity contribution in [3.63, 3.8) is 0 Å². The number of benzene rings is 2. The maximum atomic E-state index is 9.84. The minimum Gasteiger partial charge on any atom is -0.506 e. The molecule has 23 heavy (non-hydrogen) atoms. The van der Waals surface area contributed by atoms with E-state index in [4.69, 9.17) is 10.5 Å². The van der Waals surface area contributed by atoms with Crippen molar-refractivity contribution in [2.75, 3.05) is 12.8 Å². The van der Waals surface area contributed by atoms with Crippen molar-refractivity contribution in [2.45, 2.75) is 31.6 Å². The van der Waals surface area contributed by atoms with E-state index in [2.05, 4.69) is 57.3 Å². The minimum absolute atomic E-state index is 0.206. The summed E-state index contributed by atoms with van der Waals surface area (Å²) in [6, 6.07) is 8.23. The zero-order valence-electron chi connectivity index (χ0n) is 12.9. The van der Waals surface area contributed by atoms with Gasteiger partial charge in [-0.2, -0.15) is 0 Å². The Labute approximate surface area is 163 Å². The Morgan fingerprint density at radius 2 is 1.91 bits per heavy atom. The predicted molar refractivity (Wildman–Crippen MR) is 110 cm³/mol. The highest BCUT2D eigenvalue weighted by Gasteiger charge is 2.22. The Kier molecular flexibility index (Phi) is 5.25. The summed E-state index contributed by atoms with van der Waals surface area (Å²) in [4.78, 5) is 0. The van der Waals surface area contributed by atoms with E-state index in [1.54, 1.807) is 7.11 Å². The number of anilines is 1. The van der Waals surface area contributed by atoms with Crippen LogP contribution in [0.1, 0.15) is 35.4 Å². The SMILES string of the molecule is COc1c(I)cc(C[C@@H]2CCCc3cc(O)c(N)cc32)cc1I. The fourth-order valence-corrected chi connectivity index (χ4v) is 5.72. The molecular formula is C18H19I2NO2. The van der Waals surface area contributed by atoms with Crippen molar-refractivity contribution >= 4 is 50.9 Å². The third-order valence-electron chi connectivity index (χ3n) is 4.47. The fourth-order valence-electron chi connectivity index (χ4n) is 3.38. The summed E-state index contributed by atoms with van der Waals surface area (Å²) in [6.07, 6.45) is 4.34. The van der Waals surface area contributed by atoms with Crippen molar-refractivity contribution in [3.8, 4) is 11.5 Å². The molecule has 1 atom stereocenters. The van der Waals surface area contributed by atoms with Gasteiger partial charge in [-0.3, -0.25) is 0 Å². The Balaban J connectivity index is 1.92. The van der Waals surface area contributed by atoms with Crippen LogP contribution >= 0.6 is 45.2 Å². The van der Waals surface area contributed by atoms with Gasteiger partial charge in [0.05, 0.1) is 19.9 Å². The molecule has 2 aromatic carbocycles. The first-order chi connectivity index (χ1) is 11.0. The van der Waals surface area contributed by atoms with Gasteiger partial charge in [0.2, 0.25) is 0 Å². The van der Waals surface area contributed by atoms with Crippen LogP contribution in [0.25, 0.3) is 0 Å². The lowest BCUT2D eigenvalue weighted by atomic mass is 9.79. The molecule has 0 bridgehead atoms. The number of nitrogen functional groups attached to an aromatic ring is 1. The summed E-state index contributed by atoms with van der Waals surface area (Å²) in [7, 11) is 1.71. The molecule has 5 heteroatoms. The maximum Gasteiger partial charge on any atom is 0.145 e. The van der Waals surface area contributed by atoms with Crippen molar-refractivity contribution in [3.05, 3.63) is 48.1 Å². The molecule has 0 saturated heterocycles. The molecule has 3 rings (SSSR count). The van der Waals surface area contributed by atoms with Gasteiger partial charge in [-0.25, -0.2) is 0 Å². The molecule has 3 N–H and O–H groups in total. The van der Waals surface area contributed by atoms with Gasteiger partial charge in [0.25, 0.3) is 0 Å². The van der Waals surface area contributed by atoms with Gasteiger partial charge in [0.1, 0.15) is 11.5 Å². The number of ether oxygens (including phenoxy) is 1. The highest BCUT2D eigenvalue weighted by Crippen LogP contribution is 2.39. The number of aryl methyl sites for hydroxylation is 1. The first-order valence-electron chi connectivity index (χ1n) is 7.62. The molecule has 0 aromatic heterocycles. The number of phenols is 1. The molecule has 2 aromatic rings. The average molecular weight is 535 g/mol. The van der Waals surface area contributed by atoms with Gasteiger partial charge in [0, 0.05) is 0 Å². The maximum absolute atomic E-state index is 9.84. The average Bonchev–Trinajstić information content (AvgIpc) is 2.49. The molecule has 122 valence electrons. The summed E-state index contributed by atoms with van der Waals surface area (Å²) >= 11 is 4.67. The molecule has 0 aliphatic heterocycles. The van der Waals surface area contributed by atoms with Crippen LogP contribution in [0.5, 0.6) is 11.5 Å². The van der Waals surface area contributed by atoms with Gasteiger partial charge in [-0.1, -0.05) is 0 Å². The van der Waals surface area contributed by atoms with Gasteiger partial charge >= 0.3 is 0 Å². The standard InChI is InChI=1S/C18H19I2NO2/c1-23-18-14(19)6-10(7-15(18)20)5-11-3-2-4-12-8-17(22)16(21)9-13(11)12/h6-9,11,22H,2-5,21H2,1H3/t11-/m0/s1. The molecule has 0 radical (unpaired) electrons. The first kappa shape index (κ1) is 17.1. The highest BCUT2D eigenvalue weighted by molar-refractivity contribution is 14.1. The van der Waals surface area contributed by atoms with Gasteiger partial charge < -0.3 is 15.6 Å². The fraction of sp³-hybridized carbons (Fsp3) is 0.333. The van der Waals surface area contributed by atoms with E-state index in [1.807, 2.05) is 12.1 Å². The molecule has 1 aliphatic carbocycles. The van der Waals surface area contributed by atoms with Crippen molar-refractivity contribution in [2.24, 2.45) is 0 Å². The second-order valence-electron chi connectivity index (χ2n) is 6.00. The van der Waals surface area contributed by atoms with E-state index >= 15 is 0 Å².